The normalized spacial score (nSPS) is 11.2. The molecule has 0 aliphatic heterocycles. The van der Waals surface area contributed by atoms with Crippen LogP contribution in [0.1, 0.15) is 30.9 Å². The number of fused-ring (bicyclic) bond motifs is 1. The van der Waals surface area contributed by atoms with Gasteiger partial charge in [0, 0.05) is 12.1 Å². The number of aromatic nitrogens is 4. The predicted molar refractivity (Wildman–Crippen MR) is 122 cm³/mol. The van der Waals surface area contributed by atoms with Crippen molar-refractivity contribution in [3.8, 4) is 11.3 Å². The lowest BCUT2D eigenvalue weighted by Gasteiger charge is -2.06. The Labute approximate surface area is 188 Å². The second-order valence-corrected chi connectivity index (χ2v) is 8.57. The number of H-pyrrole nitrogens is 1. The summed E-state index contributed by atoms with van der Waals surface area (Å²) in [6, 6.07) is 15.7. The fraction of sp³-hybridized carbons (Fsp3) is 0.217. The highest BCUT2D eigenvalue weighted by Crippen LogP contribution is 2.24. The van der Waals surface area contributed by atoms with Crippen LogP contribution in [0.25, 0.3) is 16.8 Å². The Bertz CT molecular complexity index is 1300. The van der Waals surface area contributed by atoms with E-state index in [0.717, 1.165) is 11.1 Å². The summed E-state index contributed by atoms with van der Waals surface area (Å²) in [7, 11) is 0. The first kappa shape index (κ1) is 21.8. The summed E-state index contributed by atoms with van der Waals surface area (Å²) in [6.07, 6.45) is 0. The van der Waals surface area contributed by atoms with E-state index in [9.17, 15) is 14.0 Å². The number of aromatic amines is 1. The predicted octanol–water partition coefficient (Wildman–Crippen LogP) is 3.76. The van der Waals surface area contributed by atoms with Crippen molar-refractivity contribution in [2.24, 2.45) is 0 Å². The monoisotopic (exact) mass is 451 g/mol. The van der Waals surface area contributed by atoms with Gasteiger partial charge < -0.3 is 5.32 Å². The molecule has 2 heterocycles. The number of hydrogen-bond acceptors (Lipinski definition) is 5. The molecule has 9 heteroatoms. The van der Waals surface area contributed by atoms with Gasteiger partial charge in [0.1, 0.15) is 11.3 Å². The second kappa shape index (κ2) is 9.35. The van der Waals surface area contributed by atoms with Crippen LogP contribution in [0.4, 0.5) is 4.39 Å². The van der Waals surface area contributed by atoms with E-state index in [1.165, 1.54) is 34.0 Å². The number of carbonyl (C=O) groups is 1. The summed E-state index contributed by atoms with van der Waals surface area (Å²) < 4.78 is 14.4. The van der Waals surface area contributed by atoms with Crippen molar-refractivity contribution in [1.82, 2.24) is 25.1 Å². The molecule has 0 saturated heterocycles. The minimum absolute atomic E-state index is 0.0909. The fourth-order valence-corrected chi connectivity index (χ4v) is 3.88. The van der Waals surface area contributed by atoms with E-state index in [2.05, 4.69) is 34.5 Å². The average molecular weight is 452 g/mol. The van der Waals surface area contributed by atoms with Crippen molar-refractivity contribution >= 4 is 23.2 Å². The zero-order valence-electron chi connectivity index (χ0n) is 17.6. The first-order valence-corrected chi connectivity index (χ1v) is 11.1. The lowest BCUT2D eigenvalue weighted by atomic mass is 10.0. The summed E-state index contributed by atoms with van der Waals surface area (Å²) >= 11 is 1.17. The Morgan fingerprint density at radius 1 is 1.16 bits per heavy atom. The van der Waals surface area contributed by atoms with Crippen LogP contribution in [0.15, 0.2) is 64.5 Å². The summed E-state index contributed by atoms with van der Waals surface area (Å²) in [5, 5.41) is 14.2. The summed E-state index contributed by atoms with van der Waals surface area (Å²) in [6.45, 7) is 4.56. The molecule has 164 valence electrons. The van der Waals surface area contributed by atoms with Gasteiger partial charge >= 0.3 is 0 Å². The van der Waals surface area contributed by atoms with Crippen molar-refractivity contribution in [2.75, 3.05) is 5.75 Å². The minimum Gasteiger partial charge on any atom is -0.351 e. The Balaban J connectivity index is 1.48. The van der Waals surface area contributed by atoms with Gasteiger partial charge in [0.05, 0.1) is 11.4 Å². The van der Waals surface area contributed by atoms with Gasteiger partial charge in [0.15, 0.2) is 0 Å². The van der Waals surface area contributed by atoms with Crippen LogP contribution in [0, 0.1) is 5.82 Å². The van der Waals surface area contributed by atoms with Crippen LogP contribution in [0.3, 0.4) is 0 Å². The summed E-state index contributed by atoms with van der Waals surface area (Å²) in [5.41, 5.74) is 3.58. The molecule has 0 bridgehead atoms. The highest BCUT2D eigenvalue weighted by atomic mass is 32.2. The molecular formula is C23H22FN5O2S. The maximum Gasteiger partial charge on any atom is 0.290 e. The first-order valence-electron chi connectivity index (χ1n) is 10.1. The van der Waals surface area contributed by atoms with Crippen LogP contribution < -0.4 is 10.9 Å². The van der Waals surface area contributed by atoms with Crippen LogP contribution in [0.5, 0.6) is 0 Å². The lowest BCUT2D eigenvalue weighted by Crippen LogP contribution is -2.25. The molecule has 0 radical (unpaired) electrons. The number of carbonyl (C=O) groups excluding carboxylic acids is 1. The average Bonchev–Trinajstić information content (AvgIpc) is 3.25. The smallest absolute Gasteiger partial charge is 0.290 e. The number of amides is 1. The standard InChI is InChI=1S/C23H22FN5O2S/c1-14(2)16-5-7-17(8-6-16)19-11-20-22(31)26-27-23(29(20)28-19)32-13-21(30)25-12-15-3-9-18(24)10-4-15/h3-11,14H,12-13H2,1-2H3,(H,25,30)(H,26,31). The maximum absolute atomic E-state index is 13.0. The molecule has 2 aromatic carbocycles. The zero-order chi connectivity index (χ0) is 22.7. The van der Waals surface area contributed by atoms with Gasteiger partial charge in [0.2, 0.25) is 11.1 Å². The molecule has 1 amide bonds. The largest absolute Gasteiger partial charge is 0.351 e. The third kappa shape index (κ3) is 4.88. The topological polar surface area (TPSA) is 92.1 Å². The zero-order valence-corrected chi connectivity index (χ0v) is 18.4. The molecule has 2 N–H and O–H groups in total. The molecule has 0 fully saturated rings. The minimum atomic E-state index is -0.354. The van der Waals surface area contributed by atoms with E-state index in [0.29, 0.717) is 28.8 Å². The number of nitrogens with zero attached hydrogens (tertiary/aromatic N) is 3. The summed E-state index contributed by atoms with van der Waals surface area (Å²) in [4.78, 5) is 24.5. The summed E-state index contributed by atoms with van der Waals surface area (Å²) in [5.74, 6) is -0.0158. The number of benzene rings is 2. The van der Waals surface area contributed by atoms with Crippen LogP contribution >= 0.6 is 11.8 Å². The van der Waals surface area contributed by atoms with Crippen LogP contribution in [0.2, 0.25) is 0 Å². The van der Waals surface area contributed by atoms with Gasteiger partial charge in [0.25, 0.3) is 5.56 Å². The van der Waals surface area contributed by atoms with E-state index < -0.39 is 0 Å². The van der Waals surface area contributed by atoms with Crippen molar-refractivity contribution in [3.63, 3.8) is 0 Å². The van der Waals surface area contributed by atoms with Gasteiger partial charge in [-0.05, 0) is 35.2 Å². The third-order valence-electron chi connectivity index (χ3n) is 4.98. The van der Waals surface area contributed by atoms with Crippen molar-refractivity contribution < 1.29 is 9.18 Å². The second-order valence-electron chi connectivity index (χ2n) is 7.63. The number of halogens is 1. The van der Waals surface area contributed by atoms with E-state index in [1.807, 2.05) is 24.3 Å². The molecule has 0 aliphatic rings. The van der Waals surface area contributed by atoms with Gasteiger partial charge in [-0.1, -0.05) is 62.0 Å². The van der Waals surface area contributed by atoms with E-state index >= 15 is 0 Å². The van der Waals surface area contributed by atoms with E-state index in [4.69, 9.17) is 0 Å². The highest BCUT2D eigenvalue weighted by molar-refractivity contribution is 7.99. The Hall–Kier alpha value is -3.46. The van der Waals surface area contributed by atoms with Gasteiger partial charge in [-0.25, -0.2) is 14.0 Å². The van der Waals surface area contributed by atoms with Crippen molar-refractivity contribution in [1.29, 1.82) is 0 Å². The Morgan fingerprint density at radius 2 is 1.88 bits per heavy atom. The fourth-order valence-electron chi connectivity index (χ4n) is 3.15. The maximum atomic E-state index is 13.0. The number of nitrogens with one attached hydrogen (secondary N) is 2. The molecule has 2 aromatic heterocycles. The third-order valence-corrected chi connectivity index (χ3v) is 5.91. The lowest BCUT2D eigenvalue weighted by molar-refractivity contribution is -0.118. The molecule has 0 unspecified atom stereocenters. The van der Waals surface area contributed by atoms with Gasteiger partial charge in [-0.2, -0.15) is 5.10 Å². The number of hydrogen-bond donors (Lipinski definition) is 2. The molecule has 0 atom stereocenters. The Morgan fingerprint density at radius 3 is 2.56 bits per heavy atom. The molecule has 4 aromatic rings. The first-order chi connectivity index (χ1) is 15.4. The quantitative estimate of drug-likeness (QED) is 0.418. The molecule has 4 rings (SSSR count). The van der Waals surface area contributed by atoms with Gasteiger partial charge in [-0.3, -0.25) is 9.59 Å². The van der Waals surface area contributed by atoms with Crippen molar-refractivity contribution in [2.45, 2.75) is 31.5 Å². The van der Waals surface area contributed by atoms with E-state index in [1.54, 1.807) is 18.2 Å². The van der Waals surface area contributed by atoms with Crippen LogP contribution in [-0.4, -0.2) is 31.5 Å². The molecule has 0 aliphatic carbocycles. The van der Waals surface area contributed by atoms with Crippen LogP contribution in [-0.2, 0) is 11.3 Å². The number of thioether (sulfide) groups is 1. The molecule has 32 heavy (non-hydrogen) atoms. The number of rotatable bonds is 7. The highest BCUT2D eigenvalue weighted by Gasteiger charge is 2.14. The Kier molecular flexibility index (Phi) is 6.36. The molecule has 0 spiro atoms. The molecule has 0 saturated carbocycles. The SMILES string of the molecule is CC(C)c1ccc(-c2cc3c(=O)[nH]nc(SCC(=O)NCc4ccc(F)cc4)n3n2)cc1. The van der Waals surface area contributed by atoms with E-state index in [-0.39, 0.29) is 23.0 Å². The molecular weight excluding hydrogens is 429 g/mol. The molecule has 7 nitrogen and oxygen atoms in total. The van der Waals surface area contributed by atoms with Crippen molar-refractivity contribution in [3.05, 3.63) is 81.9 Å². The van der Waals surface area contributed by atoms with Gasteiger partial charge in [-0.15, -0.1) is 5.10 Å².